The van der Waals surface area contributed by atoms with Crippen LogP contribution in [0.1, 0.15) is 23.6 Å². The van der Waals surface area contributed by atoms with Gasteiger partial charge in [-0.05, 0) is 36.6 Å². The van der Waals surface area contributed by atoms with Crippen LogP contribution in [-0.4, -0.2) is 29.8 Å². The summed E-state index contributed by atoms with van der Waals surface area (Å²) in [5, 5.41) is 3.17. The maximum absolute atomic E-state index is 12.9. The van der Waals surface area contributed by atoms with Crippen molar-refractivity contribution < 1.29 is 9.59 Å². The van der Waals surface area contributed by atoms with Crippen molar-refractivity contribution in [2.45, 2.75) is 32.9 Å². The molecule has 0 fully saturated rings. The smallest absolute Gasteiger partial charge is 0.242 e. The molecule has 25 heavy (non-hydrogen) atoms. The SMILES string of the molecule is CNC(=O)[C@@H](C)N(Cc1ccccc1C)C(=O)Cc1ccccc1Cl. The van der Waals surface area contributed by atoms with E-state index in [0.717, 1.165) is 16.7 Å². The second-order valence-corrected chi connectivity index (χ2v) is 6.41. The number of nitrogens with one attached hydrogen (secondary N) is 1. The number of carbonyl (C=O) groups is 2. The van der Waals surface area contributed by atoms with Crippen molar-refractivity contribution in [1.82, 2.24) is 10.2 Å². The highest BCUT2D eigenvalue weighted by atomic mass is 35.5. The number of benzene rings is 2. The first-order valence-corrected chi connectivity index (χ1v) is 8.60. The quantitative estimate of drug-likeness (QED) is 0.860. The summed E-state index contributed by atoms with van der Waals surface area (Å²) >= 11 is 6.18. The summed E-state index contributed by atoms with van der Waals surface area (Å²) in [6.45, 7) is 4.11. The molecule has 4 nitrogen and oxygen atoms in total. The summed E-state index contributed by atoms with van der Waals surface area (Å²) in [6, 6.07) is 14.6. The van der Waals surface area contributed by atoms with Crippen LogP contribution in [0.3, 0.4) is 0 Å². The first-order chi connectivity index (χ1) is 11.9. The lowest BCUT2D eigenvalue weighted by atomic mass is 10.1. The number of halogens is 1. The molecule has 2 aromatic rings. The third-order valence-corrected chi connectivity index (χ3v) is 4.68. The second-order valence-electron chi connectivity index (χ2n) is 6.01. The van der Waals surface area contributed by atoms with Gasteiger partial charge in [0.25, 0.3) is 0 Å². The van der Waals surface area contributed by atoms with E-state index in [1.807, 2.05) is 49.4 Å². The van der Waals surface area contributed by atoms with Gasteiger partial charge in [-0.2, -0.15) is 0 Å². The van der Waals surface area contributed by atoms with Crippen LogP contribution >= 0.6 is 11.6 Å². The molecule has 0 radical (unpaired) electrons. The molecule has 0 saturated heterocycles. The van der Waals surface area contributed by atoms with E-state index in [-0.39, 0.29) is 18.2 Å². The fourth-order valence-electron chi connectivity index (χ4n) is 2.67. The zero-order valence-electron chi connectivity index (χ0n) is 14.8. The van der Waals surface area contributed by atoms with Gasteiger partial charge in [0.2, 0.25) is 11.8 Å². The van der Waals surface area contributed by atoms with E-state index in [0.29, 0.717) is 11.6 Å². The highest BCUT2D eigenvalue weighted by Gasteiger charge is 2.26. The minimum atomic E-state index is -0.570. The molecule has 5 heteroatoms. The molecule has 0 spiro atoms. The van der Waals surface area contributed by atoms with Crippen LogP contribution in [0, 0.1) is 6.92 Å². The number of rotatable bonds is 6. The molecule has 0 aromatic heterocycles. The number of nitrogens with zero attached hydrogens (tertiary/aromatic N) is 1. The van der Waals surface area contributed by atoms with E-state index >= 15 is 0 Å². The predicted molar refractivity (Wildman–Crippen MR) is 100 cm³/mol. The lowest BCUT2D eigenvalue weighted by Crippen LogP contribution is -2.47. The van der Waals surface area contributed by atoms with Crippen LogP contribution in [0.5, 0.6) is 0 Å². The van der Waals surface area contributed by atoms with E-state index in [2.05, 4.69) is 5.32 Å². The summed E-state index contributed by atoms with van der Waals surface area (Å²) in [5.74, 6) is -0.325. The molecule has 0 unspecified atom stereocenters. The van der Waals surface area contributed by atoms with E-state index in [9.17, 15) is 9.59 Å². The van der Waals surface area contributed by atoms with Crippen LogP contribution in [0.25, 0.3) is 0 Å². The Hall–Kier alpha value is -2.33. The highest BCUT2D eigenvalue weighted by Crippen LogP contribution is 2.19. The summed E-state index contributed by atoms with van der Waals surface area (Å²) in [7, 11) is 1.57. The number of amides is 2. The normalized spacial score (nSPS) is 11.7. The Morgan fingerprint density at radius 3 is 2.28 bits per heavy atom. The van der Waals surface area contributed by atoms with Gasteiger partial charge in [-0.3, -0.25) is 9.59 Å². The summed E-state index contributed by atoms with van der Waals surface area (Å²) in [5.41, 5.74) is 2.86. The molecule has 132 valence electrons. The van der Waals surface area contributed by atoms with E-state index in [1.54, 1.807) is 24.9 Å². The van der Waals surface area contributed by atoms with Gasteiger partial charge in [-0.25, -0.2) is 0 Å². The zero-order valence-corrected chi connectivity index (χ0v) is 15.5. The van der Waals surface area contributed by atoms with Crippen molar-refractivity contribution >= 4 is 23.4 Å². The number of carbonyl (C=O) groups excluding carboxylic acids is 2. The molecule has 2 amide bonds. The summed E-state index contributed by atoms with van der Waals surface area (Å²) in [4.78, 5) is 26.7. The minimum Gasteiger partial charge on any atom is -0.357 e. The Bertz CT molecular complexity index is 761. The van der Waals surface area contributed by atoms with Crippen LogP contribution in [0.4, 0.5) is 0 Å². The number of hydrogen-bond donors (Lipinski definition) is 1. The van der Waals surface area contributed by atoms with Crippen molar-refractivity contribution in [1.29, 1.82) is 0 Å². The molecule has 0 heterocycles. The third-order valence-electron chi connectivity index (χ3n) is 4.32. The van der Waals surface area contributed by atoms with Crippen molar-refractivity contribution in [2.24, 2.45) is 0 Å². The predicted octanol–water partition coefficient (Wildman–Crippen LogP) is 3.35. The molecule has 1 atom stereocenters. The van der Waals surface area contributed by atoms with Gasteiger partial charge in [-0.1, -0.05) is 54.1 Å². The third kappa shape index (κ3) is 4.83. The Labute approximate surface area is 153 Å². The van der Waals surface area contributed by atoms with Crippen molar-refractivity contribution in [2.75, 3.05) is 7.05 Å². The van der Waals surface area contributed by atoms with Crippen molar-refractivity contribution in [3.63, 3.8) is 0 Å². The second kappa shape index (κ2) is 8.67. The average molecular weight is 359 g/mol. The average Bonchev–Trinajstić information content (AvgIpc) is 2.61. The van der Waals surface area contributed by atoms with Gasteiger partial charge in [0, 0.05) is 18.6 Å². The Kier molecular flexibility index (Phi) is 6.59. The van der Waals surface area contributed by atoms with Crippen LogP contribution in [0.2, 0.25) is 5.02 Å². The molecule has 2 rings (SSSR count). The van der Waals surface area contributed by atoms with Gasteiger partial charge in [0.15, 0.2) is 0 Å². The van der Waals surface area contributed by atoms with Crippen LogP contribution in [0.15, 0.2) is 48.5 Å². The molecule has 1 N–H and O–H groups in total. The van der Waals surface area contributed by atoms with Gasteiger partial charge >= 0.3 is 0 Å². The fourth-order valence-corrected chi connectivity index (χ4v) is 2.87. The monoisotopic (exact) mass is 358 g/mol. The summed E-state index contributed by atoms with van der Waals surface area (Å²) < 4.78 is 0. The first kappa shape index (κ1) is 19.0. The number of hydrogen-bond acceptors (Lipinski definition) is 2. The maximum atomic E-state index is 12.9. The standard InChI is InChI=1S/C20H23ClN2O2/c1-14-8-4-5-10-17(14)13-23(15(2)20(25)22-3)19(24)12-16-9-6-7-11-18(16)21/h4-11,15H,12-13H2,1-3H3,(H,22,25)/t15-/m1/s1. The van der Waals surface area contributed by atoms with Gasteiger partial charge < -0.3 is 10.2 Å². The molecular weight excluding hydrogens is 336 g/mol. The molecule has 0 saturated carbocycles. The van der Waals surface area contributed by atoms with E-state index in [4.69, 9.17) is 11.6 Å². The van der Waals surface area contributed by atoms with E-state index < -0.39 is 6.04 Å². The van der Waals surface area contributed by atoms with Gasteiger partial charge in [0.1, 0.15) is 6.04 Å². The van der Waals surface area contributed by atoms with Crippen molar-refractivity contribution in [3.05, 3.63) is 70.2 Å². The molecule has 0 aliphatic rings. The number of aryl methyl sites for hydroxylation is 1. The molecule has 0 aliphatic carbocycles. The lowest BCUT2D eigenvalue weighted by molar-refractivity contribution is -0.139. The molecular formula is C20H23ClN2O2. The molecule has 0 aliphatic heterocycles. The summed E-state index contributed by atoms with van der Waals surface area (Å²) in [6.07, 6.45) is 0.160. The Morgan fingerprint density at radius 2 is 1.68 bits per heavy atom. The largest absolute Gasteiger partial charge is 0.357 e. The van der Waals surface area contributed by atoms with Crippen molar-refractivity contribution in [3.8, 4) is 0 Å². The minimum absolute atomic E-state index is 0.132. The van der Waals surface area contributed by atoms with Crippen LogP contribution in [-0.2, 0) is 22.6 Å². The van der Waals surface area contributed by atoms with Gasteiger partial charge in [-0.15, -0.1) is 0 Å². The first-order valence-electron chi connectivity index (χ1n) is 8.23. The zero-order chi connectivity index (χ0) is 18.4. The van der Waals surface area contributed by atoms with E-state index in [1.165, 1.54) is 0 Å². The fraction of sp³-hybridized carbons (Fsp3) is 0.300. The Morgan fingerprint density at radius 1 is 1.08 bits per heavy atom. The highest BCUT2D eigenvalue weighted by molar-refractivity contribution is 6.31. The topological polar surface area (TPSA) is 49.4 Å². The molecule has 0 bridgehead atoms. The maximum Gasteiger partial charge on any atom is 0.242 e. The molecule has 2 aromatic carbocycles. The number of likely N-dealkylation sites (N-methyl/N-ethyl adjacent to an activating group) is 1. The van der Waals surface area contributed by atoms with Crippen LogP contribution < -0.4 is 5.32 Å². The van der Waals surface area contributed by atoms with Gasteiger partial charge in [0.05, 0.1) is 6.42 Å². The lowest BCUT2D eigenvalue weighted by Gasteiger charge is -2.29. The Balaban J connectivity index is 2.27.